The molecule has 10 nitrogen and oxygen atoms in total. The molecule has 0 bridgehead atoms. The van der Waals surface area contributed by atoms with Crippen LogP contribution in [0.2, 0.25) is 0 Å². The average Bonchev–Trinajstić information content (AvgIpc) is 3.58. The number of rotatable bonds is 8. The number of allylic oxidation sites excluding steroid dienone is 1. The summed E-state index contributed by atoms with van der Waals surface area (Å²) >= 11 is 0. The molecule has 4 fully saturated rings. The van der Waals surface area contributed by atoms with E-state index in [2.05, 4.69) is 13.8 Å². The van der Waals surface area contributed by atoms with Crippen LogP contribution >= 0.6 is 0 Å². The average molecular weight is 600 g/mol. The third-order valence-electron chi connectivity index (χ3n) is 11.8. The van der Waals surface area contributed by atoms with Crippen molar-refractivity contribution in [2.75, 3.05) is 20.3 Å². The van der Waals surface area contributed by atoms with E-state index >= 15 is 0 Å². The summed E-state index contributed by atoms with van der Waals surface area (Å²) in [7, 11) is 1.28. The lowest BCUT2D eigenvalue weighted by molar-refractivity contribution is -0.191. The molecule has 0 N–H and O–H groups in total. The molecule has 1 aliphatic heterocycles. The maximum absolute atomic E-state index is 13.9. The van der Waals surface area contributed by atoms with Crippen molar-refractivity contribution in [1.29, 1.82) is 0 Å². The van der Waals surface area contributed by atoms with E-state index in [1.807, 2.05) is 6.08 Å². The Balaban J connectivity index is 1.25. The van der Waals surface area contributed by atoms with Gasteiger partial charge in [-0.25, -0.2) is 4.79 Å². The largest absolute Gasteiger partial charge is 0.467 e. The van der Waals surface area contributed by atoms with Crippen LogP contribution in [0.15, 0.2) is 11.6 Å². The molecule has 0 spiro atoms. The maximum atomic E-state index is 13.9. The van der Waals surface area contributed by atoms with Crippen molar-refractivity contribution in [3.8, 4) is 0 Å². The molecule has 43 heavy (non-hydrogen) atoms. The highest BCUT2D eigenvalue weighted by Gasteiger charge is 2.68. The summed E-state index contributed by atoms with van der Waals surface area (Å²) in [5.74, 6) is -1.30. The molecule has 3 saturated carbocycles. The lowest BCUT2D eigenvalue weighted by atomic mass is 9.46. The molecule has 10 heteroatoms. The first-order chi connectivity index (χ1) is 20.4. The van der Waals surface area contributed by atoms with Crippen molar-refractivity contribution in [2.24, 2.45) is 28.6 Å². The molecule has 5 rings (SSSR count). The van der Waals surface area contributed by atoms with E-state index in [9.17, 15) is 28.8 Å². The number of Topliss-reactive ketones (excluding diaryl/α,β-unsaturated/α-hetero) is 1. The van der Waals surface area contributed by atoms with E-state index in [0.717, 1.165) is 32.1 Å². The third kappa shape index (κ3) is 5.33. The van der Waals surface area contributed by atoms with Crippen molar-refractivity contribution in [3.05, 3.63) is 11.6 Å². The van der Waals surface area contributed by atoms with Gasteiger partial charge in [0.25, 0.3) is 0 Å². The molecule has 7 atom stereocenters. The van der Waals surface area contributed by atoms with Gasteiger partial charge in [-0.05, 0) is 87.0 Å². The monoisotopic (exact) mass is 599 g/mol. The van der Waals surface area contributed by atoms with Crippen molar-refractivity contribution < 1.29 is 43.0 Å². The molecule has 1 heterocycles. The summed E-state index contributed by atoms with van der Waals surface area (Å²) < 4.78 is 16.1. The van der Waals surface area contributed by atoms with Gasteiger partial charge in [-0.15, -0.1) is 0 Å². The Hall–Kier alpha value is -3.04. The Morgan fingerprint density at radius 2 is 1.70 bits per heavy atom. The van der Waals surface area contributed by atoms with Gasteiger partial charge in [0.1, 0.15) is 6.04 Å². The minimum Gasteiger partial charge on any atom is -0.467 e. The molecule has 1 amide bonds. The molecule has 0 aromatic rings. The van der Waals surface area contributed by atoms with Crippen molar-refractivity contribution >= 4 is 35.4 Å². The number of nitrogens with zero attached hydrogens (tertiary/aromatic N) is 1. The Morgan fingerprint density at radius 3 is 2.42 bits per heavy atom. The first kappa shape index (κ1) is 31.4. The zero-order valence-corrected chi connectivity index (χ0v) is 25.9. The Morgan fingerprint density at radius 1 is 0.953 bits per heavy atom. The summed E-state index contributed by atoms with van der Waals surface area (Å²) in [6.45, 7) is 5.57. The van der Waals surface area contributed by atoms with Gasteiger partial charge in [0, 0.05) is 31.7 Å². The van der Waals surface area contributed by atoms with E-state index in [4.69, 9.17) is 14.2 Å². The number of carbonyl (C=O) groups excluding carboxylic acids is 6. The van der Waals surface area contributed by atoms with Gasteiger partial charge in [-0.1, -0.05) is 19.4 Å². The zero-order valence-electron chi connectivity index (χ0n) is 25.9. The molecule has 5 aliphatic rings. The van der Waals surface area contributed by atoms with Crippen LogP contribution < -0.4 is 0 Å². The summed E-state index contributed by atoms with van der Waals surface area (Å²) in [5, 5.41) is 0. The number of carbonyl (C=O) groups is 6. The summed E-state index contributed by atoms with van der Waals surface area (Å²) in [5.41, 5.74) is -0.730. The zero-order chi connectivity index (χ0) is 31.2. The molecule has 4 unspecified atom stereocenters. The molecule has 0 radical (unpaired) electrons. The smallest absolute Gasteiger partial charge is 0.328 e. The molecule has 1 saturated heterocycles. The number of esters is 3. The third-order valence-corrected chi connectivity index (χ3v) is 11.8. The minimum absolute atomic E-state index is 0.0201. The SMILES string of the molecule is COC(=O)C1CCCN1C(=O)CCC(=O)OCC(=O)[C@@]1(OC(C)=O)CCC2C3CCC4=CC(=O)CC[C@]4(C)C3CC[C@@]21C. The van der Waals surface area contributed by atoms with Gasteiger partial charge in [0.2, 0.25) is 11.7 Å². The number of ketones is 2. The van der Waals surface area contributed by atoms with E-state index in [1.54, 1.807) is 0 Å². The van der Waals surface area contributed by atoms with Crippen LogP contribution in [0.25, 0.3) is 0 Å². The van der Waals surface area contributed by atoms with Crippen LogP contribution in [0.4, 0.5) is 0 Å². The number of hydrogen-bond donors (Lipinski definition) is 0. The molecular weight excluding hydrogens is 554 g/mol. The molecular formula is C33H45NO9. The number of ether oxygens (including phenoxy) is 3. The molecule has 236 valence electrons. The van der Waals surface area contributed by atoms with Gasteiger partial charge in [0.15, 0.2) is 18.0 Å². The van der Waals surface area contributed by atoms with Crippen LogP contribution in [0, 0.1) is 28.6 Å². The minimum atomic E-state index is -1.38. The number of amides is 1. The van der Waals surface area contributed by atoms with Crippen molar-refractivity contribution in [2.45, 2.75) is 109 Å². The summed E-state index contributed by atoms with van der Waals surface area (Å²) in [6, 6.07) is -0.639. The number of likely N-dealkylation sites (tertiary alicyclic amines) is 1. The van der Waals surface area contributed by atoms with E-state index in [-0.39, 0.29) is 35.9 Å². The topological polar surface area (TPSA) is 133 Å². The van der Waals surface area contributed by atoms with Gasteiger partial charge in [0.05, 0.1) is 13.5 Å². The fourth-order valence-electron chi connectivity index (χ4n) is 9.62. The van der Waals surface area contributed by atoms with Gasteiger partial charge < -0.3 is 19.1 Å². The lowest BCUT2D eigenvalue weighted by Gasteiger charge is -2.59. The van der Waals surface area contributed by atoms with E-state index in [1.165, 1.54) is 24.5 Å². The van der Waals surface area contributed by atoms with Gasteiger partial charge in [-0.2, -0.15) is 0 Å². The first-order valence-electron chi connectivity index (χ1n) is 15.9. The van der Waals surface area contributed by atoms with Crippen LogP contribution in [-0.4, -0.2) is 72.2 Å². The highest BCUT2D eigenvalue weighted by Crippen LogP contribution is 2.68. The first-order valence-corrected chi connectivity index (χ1v) is 15.9. The Labute approximate surface area is 253 Å². The van der Waals surface area contributed by atoms with Crippen LogP contribution in [0.1, 0.15) is 97.8 Å². The molecule has 0 aromatic carbocycles. The predicted octanol–water partition coefficient (Wildman–Crippen LogP) is 3.88. The highest BCUT2D eigenvalue weighted by atomic mass is 16.6. The van der Waals surface area contributed by atoms with E-state index in [0.29, 0.717) is 50.5 Å². The lowest BCUT2D eigenvalue weighted by Crippen LogP contribution is -2.59. The fourth-order valence-corrected chi connectivity index (χ4v) is 9.62. The van der Waals surface area contributed by atoms with Crippen molar-refractivity contribution in [1.82, 2.24) is 4.90 Å². The second-order valence-corrected chi connectivity index (χ2v) is 13.7. The second-order valence-electron chi connectivity index (χ2n) is 13.7. The summed E-state index contributed by atoms with van der Waals surface area (Å²) in [4.78, 5) is 77.3. The van der Waals surface area contributed by atoms with Crippen LogP contribution in [0.3, 0.4) is 0 Å². The molecule has 0 aromatic heterocycles. The quantitative estimate of drug-likeness (QED) is 0.301. The van der Waals surface area contributed by atoms with Gasteiger partial charge >= 0.3 is 17.9 Å². The summed E-state index contributed by atoms with van der Waals surface area (Å²) in [6.07, 6.45) is 8.66. The van der Waals surface area contributed by atoms with Crippen LogP contribution in [-0.2, 0) is 43.0 Å². The van der Waals surface area contributed by atoms with Crippen molar-refractivity contribution in [3.63, 3.8) is 0 Å². The van der Waals surface area contributed by atoms with E-state index < -0.39 is 47.4 Å². The number of fused-ring (bicyclic) bond motifs is 5. The van der Waals surface area contributed by atoms with Gasteiger partial charge in [-0.3, -0.25) is 24.0 Å². The second kappa shape index (κ2) is 11.8. The normalized spacial score (nSPS) is 36.5. The predicted molar refractivity (Wildman–Crippen MR) is 153 cm³/mol. The standard InChI is InChI=1S/C33H45NO9/c1-20(35)43-33(27(37)19-42-29(39)10-9-28(38)34-17-5-6-26(34)30(40)41-4)16-13-25-23-8-7-21-18-22(36)11-14-31(21,2)24(23)12-15-32(25,33)3/h18,23-26H,5-17,19H2,1-4H3/t23?,24?,25?,26?,31-,32-,33-/m0/s1. The van der Waals surface area contributed by atoms with Crippen LogP contribution in [0.5, 0.6) is 0 Å². The maximum Gasteiger partial charge on any atom is 0.328 e. The Bertz CT molecular complexity index is 1240. The molecule has 4 aliphatic carbocycles. The number of methoxy groups -OCH3 is 1. The highest BCUT2D eigenvalue weighted by molar-refractivity contribution is 5.94. The fraction of sp³-hybridized carbons (Fsp3) is 0.758. The Kier molecular flexibility index (Phi) is 8.62. The number of hydrogen-bond acceptors (Lipinski definition) is 9.